The Labute approximate surface area is 202 Å². The van der Waals surface area contributed by atoms with Gasteiger partial charge in [0.25, 0.3) is 10.9 Å². The third-order valence-corrected chi connectivity index (χ3v) is 7.93. The van der Waals surface area contributed by atoms with Crippen LogP contribution >= 0.6 is 0 Å². The Kier molecular flexibility index (Phi) is 8.07. The van der Waals surface area contributed by atoms with Crippen LogP contribution in [-0.4, -0.2) is 31.6 Å². The first-order chi connectivity index (χ1) is 16.5. The Morgan fingerprint density at radius 2 is 1.68 bits per heavy atom. The van der Waals surface area contributed by atoms with Gasteiger partial charge in [-0.1, -0.05) is 44.2 Å². The number of hydrogen-bond donors (Lipinski definition) is 2. The smallest absolute Gasteiger partial charge is 0.253 e. The summed E-state index contributed by atoms with van der Waals surface area (Å²) in [6.45, 7) is 6.76. The molecule has 0 unspecified atom stereocenters. The zero-order valence-corrected chi connectivity index (χ0v) is 20.6. The van der Waals surface area contributed by atoms with Crippen molar-refractivity contribution in [3.63, 3.8) is 0 Å². The SMILES string of the molecule is CC[C@H](Cc1ccccc1)NC(=O)C1CCC(CNc2c(N3CCC(C)CC3)c(=O)c2=O)CC1. The predicted octanol–water partition coefficient (Wildman–Crippen LogP) is 3.87. The molecule has 0 bridgehead atoms. The van der Waals surface area contributed by atoms with Gasteiger partial charge < -0.3 is 15.5 Å². The number of amides is 1. The first kappa shape index (κ1) is 24.5. The summed E-state index contributed by atoms with van der Waals surface area (Å²) < 4.78 is 0. The van der Waals surface area contributed by atoms with Crippen LogP contribution in [0.15, 0.2) is 39.9 Å². The van der Waals surface area contributed by atoms with Crippen LogP contribution < -0.4 is 26.4 Å². The Morgan fingerprint density at radius 1 is 1.00 bits per heavy atom. The van der Waals surface area contributed by atoms with Crippen molar-refractivity contribution in [2.45, 2.75) is 71.3 Å². The predicted molar refractivity (Wildman–Crippen MR) is 138 cm³/mol. The maximum absolute atomic E-state index is 12.9. The topological polar surface area (TPSA) is 78.5 Å². The van der Waals surface area contributed by atoms with Gasteiger partial charge in [-0.2, -0.15) is 0 Å². The number of benzene rings is 1. The molecule has 6 nitrogen and oxygen atoms in total. The molecule has 1 amide bonds. The number of nitrogens with zero attached hydrogens (tertiary/aromatic N) is 1. The molecule has 1 heterocycles. The van der Waals surface area contributed by atoms with Crippen molar-refractivity contribution in [3.05, 3.63) is 56.3 Å². The van der Waals surface area contributed by atoms with E-state index in [2.05, 4.69) is 41.5 Å². The monoisotopic (exact) mass is 465 g/mol. The van der Waals surface area contributed by atoms with Gasteiger partial charge in [-0.25, -0.2) is 0 Å². The molecule has 184 valence electrons. The van der Waals surface area contributed by atoms with Crippen molar-refractivity contribution >= 4 is 17.3 Å². The highest BCUT2D eigenvalue weighted by atomic mass is 16.2. The molecule has 2 aliphatic rings. The molecule has 0 radical (unpaired) electrons. The van der Waals surface area contributed by atoms with Crippen LogP contribution in [0.4, 0.5) is 11.4 Å². The Morgan fingerprint density at radius 3 is 2.32 bits per heavy atom. The average molecular weight is 466 g/mol. The molecule has 1 saturated heterocycles. The summed E-state index contributed by atoms with van der Waals surface area (Å²) in [5, 5.41) is 6.58. The Balaban J connectivity index is 1.23. The van der Waals surface area contributed by atoms with E-state index in [9.17, 15) is 14.4 Å². The number of anilines is 2. The van der Waals surface area contributed by atoms with E-state index in [-0.39, 0.29) is 28.7 Å². The Bertz CT molecular complexity index is 1010. The second-order valence-corrected chi connectivity index (χ2v) is 10.5. The molecule has 6 heteroatoms. The van der Waals surface area contributed by atoms with E-state index in [1.54, 1.807) is 0 Å². The zero-order valence-electron chi connectivity index (χ0n) is 20.6. The van der Waals surface area contributed by atoms with Gasteiger partial charge in [0, 0.05) is 31.6 Å². The molecule has 1 aliphatic carbocycles. The van der Waals surface area contributed by atoms with Crippen molar-refractivity contribution < 1.29 is 4.79 Å². The lowest BCUT2D eigenvalue weighted by Gasteiger charge is -2.34. The number of carbonyl (C=O) groups is 1. The zero-order chi connectivity index (χ0) is 24.1. The summed E-state index contributed by atoms with van der Waals surface area (Å²) in [4.78, 5) is 39.4. The molecule has 34 heavy (non-hydrogen) atoms. The molecule has 0 spiro atoms. The molecule has 0 aromatic heterocycles. The number of rotatable bonds is 9. The second-order valence-electron chi connectivity index (χ2n) is 10.5. The minimum atomic E-state index is -0.370. The molecular weight excluding hydrogens is 426 g/mol. The summed E-state index contributed by atoms with van der Waals surface area (Å²) in [7, 11) is 0. The van der Waals surface area contributed by atoms with E-state index < -0.39 is 0 Å². The van der Waals surface area contributed by atoms with Gasteiger partial charge in [-0.15, -0.1) is 0 Å². The first-order valence-corrected chi connectivity index (χ1v) is 13.1. The largest absolute Gasteiger partial charge is 0.380 e. The molecule has 4 rings (SSSR count). The normalized spacial score (nSPS) is 22.5. The lowest BCUT2D eigenvalue weighted by atomic mass is 9.81. The van der Waals surface area contributed by atoms with Crippen LogP contribution in [0.5, 0.6) is 0 Å². The van der Waals surface area contributed by atoms with Crippen LogP contribution in [0.25, 0.3) is 0 Å². The van der Waals surface area contributed by atoms with Crippen LogP contribution in [0.3, 0.4) is 0 Å². The van der Waals surface area contributed by atoms with E-state index in [4.69, 9.17) is 0 Å². The summed E-state index contributed by atoms with van der Waals surface area (Å²) in [6.07, 6.45) is 7.59. The summed E-state index contributed by atoms with van der Waals surface area (Å²) in [5.74, 6) is 1.35. The lowest BCUT2D eigenvalue weighted by Crippen LogP contribution is -2.46. The average Bonchev–Trinajstić information content (AvgIpc) is 2.87. The number of nitrogens with one attached hydrogen (secondary N) is 2. The highest BCUT2D eigenvalue weighted by molar-refractivity contribution is 5.79. The van der Waals surface area contributed by atoms with Crippen molar-refractivity contribution in [1.82, 2.24) is 5.32 Å². The summed E-state index contributed by atoms with van der Waals surface area (Å²) >= 11 is 0. The van der Waals surface area contributed by atoms with E-state index in [0.29, 0.717) is 29.8 Å². The van der Waals surface area contributed by atoms with Gasteiger partial charge in [0.2, 0.25) is 5.91 Å². The molecular formula is C28H39N3O3. The minimum Gasteiger partial charge on any atom is -0.380 e. The van der Waals surface area contributed by atoms with Crippen LogP contribution in [-0.2, 0) is 11.2 Å². The van der Waals surface area contributed by atoms with Crippen molar-refractivity contribution in [3.8, 4) is 0 Å². The van der Waals surface area contributed by atoms with Crippen LogP contribution in [0.2, 0.25) is 0 Å². The van der Waals surface area contributed by atoms with E-state index >= 15 is 0 Å². The Hall–Kier alpha value is -2.63. The molecule has 2 N–H and O–H groups in total. The quantitative estimate of drug-likeness (QED) is 0.550. The maximum atomic E-state index is 12.9. The summed E-state index contributed by atoms with van der Waals surface area (Å²) in [5.41, 5.74) is 1.67. The first-order valence-electron chi connectivity index (χ1n) is 13.1. The molecule has 1 atom stereocenters. The molecule has 2 aromatic carbocycles. The fraction of sp³-hybridized carbons (Fsp3) is 0.607. The van der Waals surface area contributed by atoms with Gasteiger partial charge in [-0.3, -0.25) is 14.4 Å². The minimum absolute atomic E-state index is 0.0677. The molecule has 1 aliphatic heterocycles. The van der Waals surface area contributed by atoms with E-state index in [1.165, 1.54) is 5.56 Å². The third-order valence-electron chi connectivity index (χ3n) is 7.93. The van der Waals surface area contributed by atoms with Crippen LogP contribution in [0, 0.1) is 17.8 Å². The fourth-order valence-corrected chi connectivity index (χ4v) is 5.47. The van der Waals surface area contributed by atoms with Crippen molar-refractivity contribution in [1.29, 1.82) is 0 Å². The van der Waals surface area contributed by atoms with Crippen molar-refractivity contribution in [2.24, 2.45) is 17.8 Å². The number of hydrogen-bond acceptors (Lipinski definition) is 5. The lowest BCUT2D eigenvalue weighted by molar-refractivity contribution is -0.126. The number of piperidine rings is 1. The van der Waals surface area contributed by atoms with Gasteiger partial charge in [0.15, 0.2) is 0 Å². The summed E-state index contributed by atoms with van der Waals surface area (Å²) in [6, 6.07) is 10.5. The van der Waals surface area contributed by atoms with Gasteiger partial charge in [-0.05, 0) is 68.8 Å². The highest BCUT2D eigenvalue weighted by Crippen LogP contribution is 2.31. The van der Waals surface area contributed by atoms with Gasteiger partial charge >= 0.3 is 0 Å². The van der Waals surface area contributed by atoms with E-state index in [1.807, 2.05) is 18.2 Å². The van der Waals surface area contributed by atoms with Crippen LogP contribution in [0.1, 0.15) is 64.4 Å². The van der Waals surface area contributed by atoms with Crippen molar-refractivity contribution in [2.75, 3.05) is 29.9 Å². The van der Waals surface area contributed by atoms with E-state index in [0.717, 1.165) is 64.5 Å². The molecule has 2 fully saturated rings. The fourth-order valence-electron chi connectivity index (χ4n) is 5.47. The highest BCUT2D eigenvalue weighted by Gasteiger charge is 2.30. The van der Waals surface area contributed by atoms with Gasteiger partial charge in [0.1, 0.15) is 11.4 Å². The maximum Gasteiger partial charge on any atom is 0.253 e. The van der Waals surface area contributed by atoms with Gasteiger partial charge in [0.05, 0.1) is 0 Å². The third kappa shape index (κ3) is 5.70. The second kappa shape index (κ2) is 11.2. The standard InChI is InChI=1S/C28H39N3O3/c1-3-23(17-20-7-5-4-6-8-20)30-28(34)22-11-9-21(10-12-22)18-29-24-25(27(33)26(24)32)31-15-13-19(2)14-16-31/h4-8,19,21-23,29H,3,9-18H2,1-2H3,(H,30,34)/t21?,22?,23-/m1/s1. The molecule has 2 aromatic rings. The number of carbonyl (C=O) groups excluding carboxylic acids is 1. The molecule has 1 saturated carbocycles.